The summed E-state index contributed by atoms with van der Waals surface area (Å²) in [6, 6.07) is 13.0. The minimum atomic E-state index is -0.776. The fourth-order valence-electron chi connectivity index (χ4n) is 2.61. The molecule has 1 atom stereocenters. The number of benzene rings is 2. The summed E-state index contributed by atoms with van der Waals surface area (Å²) in [6.45, 7) is 6.06. The van der Waals surface area contributed by atoms with Gasteiger partial charge < -0.3 is 5.73 Å². The molecule has 0 aliphatic carbocycles. The van der Waals surface area contributed by atoms with E-state index in [0.29, 0.717) is 12.0 Å². The second-order valence-corrected chi connectivity index (χ2v) is 5.18. The van der Waals surface area contributed by atoms with E-state index in [1.807, 2.05) is 39.0 Å². The Kier molecular flexibility index (Phi) is 3.72. The molecule has 2 aromatic carbocycles. The maximum absolute atomic E-state index is 14.1. The molecule has 2 heteroatoms. The van der Waals surface area contributed by atoms with Crippen molar-refractivity contribution in [2.24, 2.45) is 5.73 Å². The molecule has 2 aromatic rings. The van der Waals surface area contributed by atoms with Crippen LogP contribution in [0.3, 0.4) is 0 Å². The molecule has 0 radical (unpaired) electrons. The third-order valence-electron chi connectivity index (χ3n) is 3.65. The molecule has 1 unspecified atom stereocenters. The first-order chi connectivity index (χ1) is 8.97. The zero-order valence-electron chi connectivity index (χ0n) is 11.7. The van der Waals surface area contributed by atoms with Crippen molar-refractivity contribution >= 4 is 0 Å². The zero-order chi connectivity index (χ0) is 14.0. The van der Waals surface area contributed by atoms with Crippen LogP contribution in [0.5, 0.6) is 0 Å². The van der Waals surface area contributed by atoms with Gasteiger partial charge in [-0.1, -0.05) is 54.4 Å². The Morgan fingerprint density at radius 2 is 1.63 bits per heavy atom. The summed E-state index contributed by atoms with van der Waals surface area (Å²) in [5, 5.41) is 0. The highest BCUT2D eigenvalue weighted by Gasteiger charge is 2.30. The van der Waals surface area contributed by atoms with Gasteiger partial charge in [0.1, 0.15) is 5.82 Å². The third-order valence-corrected chi connectivity index (χ3v) is 3.65. The van der Waals surface area contributed by atoms with Crippen LogP contribution < -0.4 is 5.73 Å². The summed E-state index contributed by atoms with van der Waals surface area (Å²) in [7, 11) is 0. The van der Waals surface area contributed by atoms with Crippen molar-refractivity contribution in [3.63, 3.8) is 0 Å². The molecule has 0 amide bonds. The summed E-state index contributed by atoms with van der Waals surface area (Å²) < 4.78 is 14.1. The summed E-state index contributed by atoms with van der Waals surface area (Å²) >= 11 is 0. The van der Waals surface area contributed by atoms with Crippen LogP contribution in [0, 0.1) is 19.7 Å². The van der Waals surface area contributed by atoms with E-state index in [1.165, 1.54) is 6.07 Å². The highest BCUT2D eigenvalue weighted by Crippen LogP contribution is 2.32. The van der Waals surface area contributed by atoms with Crippen LogP contribution in [-0.4, -0.2) is 0 Å². The standard InChI is InChI=1S/C17H20FN/c1-4-17(19,15-7-5-6-8-16(15)18)14-10-12(2)9-13(3)11-14/h5-11H,4,19H2,1-3H3. The largest absolute Gasteiger partial charge is 0.318 e. The normalized spacial score (nSPS) is 14.2. The van der Waals surface area contributed by atoms with Crippen LogP contribution in [0.15, 0.2) is 42.5 Å². The first kappa shape index (κ1) is 13.8. The lowest BCUT2D eigenvalue weighted by molar-refractivity contribution is 0.479. The topological polar surface area (TPSA) is 26.0 Å². The van der Waals surface area contributed by atoms with Crippen molar-refractivity contribution in [1.82, 2.24) is 0 Å². The molecule has 19 heavy (non-hydrogen) atoms. The third kappa shape index (κ3) is 2.54. The Morgan fingerprint density at radius 3 is 2.16 bits per heavy atom. The minimum Gasteiger partial charge on any atom is -0.318 e. The van der Waals surface area contributed by atoms with E-state index in [-0.39, 0.29) is 5.82 Å². The SMILES string of the molecule is CCC(N)(c1cc(C)cc(C)c1)c1ccccc1F. The first-order valence-electron chi connectivity index (χ1n) is 6.60. The Morgan fingerprint density at radius 1 is 1.05 bits per heavy atom. The lowest BCUT2D eigenvalue weighted by Gasteiger charge is -2.30. The van der Waals surface area contributed by atoms with E-state index in [2.05, 4.69) is 6.07 Å². The number of nitrogens with two attached hydrogens (primary N) is 1. The molecule has 1 nitrogen and oxygen atoms in total. The predicted octanol–water partition coefficient (Wildman–Crippen LogP) is 4.05. The summed E-state index contributed by atoms with van der Waals surface area (Å²) in [4.78, 5) is 0. The van der Waals surface area contributed by atoms with Crippen LogP contribution in [-0.2, 0) is 5.54 Å². The second kappa shape index (κ2) is 5.14. The average Bonchev–Trinajstić information content (AvgIpc) is 2.37. The Labute approximate surface area is 114 Å². The average molecular weight is 257 g/mol. The highest BCUT2D eigenvalue weighted by atomic mass is 19.1. The molecule has 100 valence electrons. The van der Waals surface area contributed by atoms with Crippen molar-refractivity contribution in [2.75, 3.05) is 0 Å². The molecular formula is C17H20FN. The number of halogens is 1. The van der Waals surface area contributed by atoms with Gasteiger partial charge in [0.2, 0.25) is 0 Å². The second-order valence-electron chi connectivity index (χ2n) is 5.18. The molecular weight excluding hydrogens is 237 g/mol. The molecule has 2 N–H and O–H groups in total. The van der Waals surface area contributed by atoms with E-state index in [4.69, 9.17) is 5.73 Å². The molecule has 0 saturated heterocycles. The number of aryl methyl sites for hydroxylation is 2. The van der Waals surface area contributed by atoms with Gasteiger partial charge in [0, 0.05) is 5.56 Å². The maximum atomic E-state index is 14.1. The van der Waals surface area contributed by atoms with E-state index in [9.17, 15) is 4.39 Å². The summed E-state index contributed by atoms with van der Waals surface area (Å²) in [5.74, 6) is -0.244. The predicted molar refractivity (Wildman–Crippen MR) is 77.6 cm³/mol. The zero-order valence-corrected chi connectivity index (χ0v) is 11.7. The van der Waals surface area contributed by atoms with Crippen molar-refractivity contribution in [3.05, 3.63) is 70.5 Å². The smallest absolute Gasteiger partial charge is 0.128 e. The maximum Gasteiger partial charge on any atom is 0.128 e. The molecule has 0 aliphatic rings. The number of rotatable bonds is 3. The van der Waals surface area contributed by atoms with E-state index >= 15 is 0 Å². The van der Waals surface area contributed by atoms with Gasteiger partial charge in [0.25, 0.3) is 0 Å². The monoisotopic (exact) mass is 257 g/mol. The summed E-state index contributed by atoms with van der Waals surface area (Å²) in [5.41, 5.74) is 9.59. The Hall–Kier alpha value is -1.67. The molecule has 0 spiro atoms. The highest BCUT2D eigenvalue weighted by molar-refractivity contribution is 5.42. The van der Waals surface area contributed by atoms with Gasteiger partial charge in [0.15, 0.2) is 0 Å². The molecule has 2 rings (SSSR count). The van der Waals surface area contributed by atoms with Crippen molar-refractivity contribution < 1.29 is 4.39 Å². The van der Waals surface area contributed by atoms with Gasteiger partial charge in [-0.3, -0.25) is 0 Å². The van der Waals surface area contributed by atoms with Crippen LogP contribution in [0.2, 0.25) is 0 Å². The van der Waals surface area contributed by atoms with Gasteiger partial charge in [-0.25, -0.2) is 4.39 Å². The van der Waals surface area contributed by atoms with Crippen molar-refractivity contribution in [2.45, 2.75) is 32.7 Å². The van der Waals surface area contributed by atoms with Crippen molar-refractivity contribution in [1.29, 1.82) is 0 Å². The van der Waals surface area contributed by atoms with E-state index < -0.39 is 5.54 Å². The minimum absolute atomic E-state index is 0.244. The molecule has 0 saturated carbocycles. The van der Waals surface area contributed by atoms with Crippen LogP contribution in [0.25, 0.3) is 0 Å². The van der Waals surface area contributed by atoms with Gasteiger partial charge in [-0.05, 0) is 31.9 Å². The van der Waals surface area contributed by atoms with Crippen molar-refractivity contribution in [3.8, 4) is 0 Å². The number of hydrogen-bond donors (Lipinski definition) is 1. The van der Waals surface area contributed by atoms with Crippen LogP contribution in [0.1, 0.15) is 35.6 Å². The first-order valence-corrected chi connectivity index (χ1v) is 6.60. The van der Waals surface area contributed by atoms with E-state index in [1.54, 1.807) is 12.1 Å². The van der Waals surface area contributed by atoms with Crippen LogP contribution >= 0.6 is 0 Å². The Balaban J connectivity index is 2.63. The molecule has 0 aromatic heterocycles. The van der Waals surface area contributed by atoms with Gasteiger partial charge in [0.05, 0.1) is 5.54 Å². The fraction of sp³-hybridized carbons (Fsp3) is 0.294. The Bertz CT molecular complexity index is 571. The molecule has 0 heterocycles. The fourth-order valence-corrected chi connectivity index (χ4v) is 2.61. The van der Waals surface area contributed by atoms with Gasteiger partial charge in [-0.2, -0.15) is 0 Å². The van der Waals surface area contributed by atoms with Crippen LogP contribution in [0.4, 0.5) is 4.39 Å². The van der Waals surface area contributed by atoms with E-state index in [0.717, 1.165) is 16.7 Å². The lowest BCUT2D eigenvalue weighted by Crippen LogP contribution is -2.38. The molecule has 0 fully saturated rings. The van der Waals surface area contributed by atoms with Gasteiger partial charge >= 0.3 is 0 Å². The van der Waals surface area contributed by atoms with Gasteiger partial charge in [-0.15, -0.1) is 0 Å². The number of hydrogen-bond acceptors (Lipinski definition) is 1. The molecule has 0 bridgehead atoms. The quantitative estimate of drug-likeness (QED) is 0.881. The lowest BCUT2D eigenvalue weighted by atomic mass is 9.80. The summed E-state index contributed by atoms with van der Waals surface area (Å²) in [6.07, 6.45) is 0.650. The molecule has 0 aliphatic heterocycles.